The molecule has 0 radical (unpaired) electrons. The molecule has 0 unspecified atom stereocenters. The number of furan rings is 1. The molecule has 3 heterocycles. The fourth-order valence-corrected chi connectivity index (χ4v) is 2.79. The van der Waals surface area contributed by atoms with Crippen LogP contribution in [0, 0.1) is 13.8 Å². The molecule has 0 atom stereocenters. The largest absolute Gasteiger partial charge is 0.465 e. The molecule has 0 aliphatic carbocycles. The third kappa shape index (κ3) is 3.55. The molecule has 0 aliphatic rings. The van der Waals surface area contributed by atoms with Crippen molar-refractivity contribution in [3.05, 3.63) is 46.2 Å². The highest BCUT2D eigenvalue weighted by molar-refractivity contribution is 6.06. The van der Waals surface area contributed by atoms with E-state index in [1.54, 1.807) is 26.0 Å². The topological polar surface area (TPSA) is 107 Å². The predicted molar refractivity (Wildman–Crippen MR) is 96.6 cm³/mol. The number of hydrogen-bond donors (Lipinski definition) is 1. The number of aryl methyl sites for hydroxylation is 2. The number of nitrogens with zero attached hydrogens (tertiary/aromatic N) is 2. The van der Waals surface area contributed by atoms with Crippen LogP contribution >= 0.6 is 0 Å². The first-order valence-corrected chi connectivity index (χ1v) is 8.54. The van der Waals surface area contributed by atoms with Gasteiger partial charge in [-0.15, -0.1) is 0 Å². The van der Waals surface area contributed by atoms with Gasteiger partial charge in [-0.1, -0.05) is 19.0 Å². The van der Waals surface area contributed by atoms with Gasteiger partial charge in [0.2, 0.25) is 0 Å². The van der Waals surface area contributed by atoms with Crippen LogP contribution in [0.15, 0.2) is 21.1 Å². The van der Waals surface area contributed by atoms with E-state index >= 15 is 0 Å². The Morgan fingerprint density at radius 3 is 2.63 bits per heavy atom. The fourth-order valence-electron chi connectivity index (χ4n) is 2.79. The number of aromatic nitrogens is 2. The first-order chi connectivity index (χ1) is 12.8. The number of carbonyl (C=O) groups excluding carboxylic acids is 2. The Morgan fingerprint density at radius 1 is 1.22 bits per heavy atom. The highest BCUT2D eigenvalue weighted by atomic mass is 16.5. The van der Waals surface area contributed by atoms with Crippen molar-refractivity contribution in [2.75, 3.05) is 7.11 Å². The quantitative estimate of drug-likeness (QED) is 0.686. The van der Waals surface area contributed by atoms with Gasteiger partial charge in [-0.05, 0) is 31.9 Å². The van der Waals surface area contributed by atoms with Gasteiger partial charge in [0, 0.05) is 5.69 Å². The van der Waals surface area contributed by atoms with Crippen LogP contribution in [0.25, 0.3) is 11.1 Å². The number of carbonyl (C=O) groups is 2. The molecule has 1 N–H and O–H groups in total. The Kier molecular flexibility index (Phi) is 4.98. The highest BCUT2D eigenvalue weighted by Gasteiger charge is 2.21. The van der Waals surface area contributed by atoms with Crippen LogP contribution in [0.1, 0.15) is 63.4 Å². The molecule has 3 aromatic rings. The number of pyridine rings is 1. The van der Waals surface area contributed by atoms with Gasteiger partial charge in [0.25, 0.3) is 11.6 Å². The summed E-state index contributed by atoms with van der Waals surface area (Å²) in [4.78, 5) is 28.9. The van der Waals surface area contributed by atoms with Crippen molar-refractivity contribution in [3.63, 3.8) is 0 Å². The lowest BCUT2D eigenvalue weighted by Crippen LogP contribution is -2.23. The van der Waals surface area contributed by atoms with Crippen LogP contribution in [-0.2, 0) is 11.3 Å². The molecule has 0 bridgehead atoms. The van der Waals surface area contributed by atoms with Gasteiger partial charge in [-0.25, -0.2) is 9.78 Å². The van der Waals surface area contributed by atoms with Crippen LogP contribution in [0.4, 0.5) is 0 Å². The average Bonchev–Trinajstić information content (AvgIpc) is 3.21. The maximum atomic E-state index is 12.8. The summed E-state index contributed by atoms with van der Waals surface area (Å²) in [5, 5.41) is 7.31. The lowest BCUT2D eigenvalue weighted by molar-refractivity contribution is 0.0598. The molecule has 0 saturated carbocycles. The Labute approximate surface area is 155 Å². The molecule has 0 saturated heterocycles. The summed E-state index contributed by atoms with van der Waals surface area (Å²) < 4.78 is 15.5. The van der Waals surface area contributed by atoms with Gasteiger partial charge in [-0.3, -0.25) is 4.79 Å². The Hall–Kier alpha value is -3.16. The smallest absolute Gasteiger partial charge is 0.341 e. The molecule has 0 spiro atoms. The number of nitrogens with one attached hydrogen (secondary N) is 1. The molecule has 0 aromatic carbocycles. The summed E-state index contributed by atoms with van der Waals surface area (Å²) in [5.74, 6) is 0.240. The van der Waals surface area contributed by atoms with E-state index in [2.05, 4.69) is 15.5 Å². The number of hydrogen-bond acceptors (Lipinski definition) is 7. The van der Waals surface area contributed by atoms with Gasteiger partial charge >= 0.3 is 5.97 Å². The van der Waals surface area contributed by atoms with Crippen LogP contribution < -0.4 is 5.32 Å². The zero-order chi connectivity index (χ0) is 19.7. The van der Waals surface area contributed by atoms with Crippen molar-refractivity contribution in [2.24, 2.45) is 0 Å². The minimum atomic E-state index is -0.480. The number of methoxy groups -OCH3 is 1. The molecule has 1 amide bonds. The summed E-state index contributed by atoms with van der Waals surface area (Å²) in [6.07, 6.45) is 0. The molecule has 0 aliphatic heterocycles. The molecule has 3 aromatic heterocycles. The van der Waals surface area contributed by atoms with Crippen molar-refractivity contribution in [2.45, 2.75) is 40.2 Å². The van der Waals surface area contributed by atoms with E-state index in [4.69, 9.17) is 13.7 Å². The first kappa shape index (κ1) is 18.6. The summed E-state index contributed by atoms with van der Waals surface area (Å²) >= 11 is 0. The number of esters is 1. The minimum absolute atomic E-state index is 0.127. The molecule has 27 heavy (non-hydrogen) atoms. The molecular weight excluding hydrogens is 350 g/mol. The van der Waals surface area contributed by atoms with Crippen molar-refractivity contribution in [1.29, 1.82) is 0 Å². The maximum absolute atomic E-state index is 12.8. The third-order valence-corrected chi connectivity index (χ3v) is 4.27. The highest BCUT2D eigenvalue weighted by Crippen LogP contribution is 2.25. The number of fused-ring (bicyclic) bond motifs is 1. The first-order valence-electron chi connectivity index (χ1n) is 8.54. The summed E-state index contributed by atoms with van der Waals surface area (Å²) in [7, 11) is 1.30. The van der Waals surface area contributed by atoms with Gasteiger partial charge < -0.3 is 19.0 Å². The SMILES string of the molecule is COC(=O)c1cc(CNC(=O)c2cc(C(C)C)nc3onc(C)c23)oc1C. The van der Waals surface area contributed by atoms with Gasteiger partial charge in [0.1, 0.15) is 17.1 Å². The van der Waals surface area contributed by atoms with Crippen LogP contribution in [0.5, 0.6) is 0 Å². The Morgan fingerprint density at radius 2 is 1.96 bits per heavy atom. The van der Waals surface area contributed by atoms with E-state index in [9.17, 15) is 9.59 Å². The molecule has 3 rings (SSSR count). The Bertz CT molecular complexity index is 1020. The normalized spacial score (nSPS) is 11.2. The Balaban J connectivity index is 1.86. The van der Waals surface area contributed by atoms with Gasteiger partial charge in [0.15, 0.2) is 0 Å². The van der Waals surface area contributed by atoms with Crippen LogP contribution in [-0.4, -0.2) is 29.1 Å². The summed E-state index contributed by atoms with van der Waals surface area (Å²) in [5.41, 5.74) is 2.46. The zero-order valence-corrected chi connectivity index (χ0v) is 15.9. The number of ether oxygens (including phenoxy) is 1. The van der Waals surface area contributed by atoms with E-state index in [0.717, 1.165) is 5.69 Å². The number of amides is 1. The molecule has 0 fully saturated rings. The zero-order valence-electron chi connectivity index (χ0n) is 15.9. The standard InChI is InChI=1S/C19H21N3O5/c1-9(2)15-7-14(16-10(3)22-27-18(16)21-15)17(23)20-8-12-6-13(11(4)26-12)19(24)25-5/h6-7,9H,8H2,1-5H3,(H,20,23). The molecule has 8 nitrogen and oxygen atoms in total. The van der Waals surface area contributed by atoms with E-state index in [1.165, 1.54) is 7.11 Å². The second-order valence-electron chi connectivity index (χ2n) is 6.55. The minimum Gasteiger partial charge on any atom is -0.465 e. The van der Waals surface area contributed by atoms with E-state index in [0.29, 0.717) is 39.4 Å². The summed E-state index contributed by atoms with van der Waals surface area (Å²) in [6, 6.07) is 3.31. The van der Waals surface area contributed by atoms with Gasteiger partial charge in [-0.2, -0.15) is 0 Å². The van der Waals surface area contributed by atoms with Crippen LogP contribution in [0.2, 0.25) is 0 Å². The van der Waals surface area contributed by atoms with Crippen molar-refractivity contribution < 1.29 is 23.3 Å². The van der Waals surface area contributed by atoms with Crippen molar-refractivity contribution >= 4 is 23.0 Å². The van der Waals surface area contributed by atoms with Gasteiger partial charge in [0.05, 0.1) is 30.3 Å². The lowest BCUT2D eigenvalue weighted by Gasteiger charge is -2.09. The van der Waals surface area contributed by atoms with E-state index < -0.39 is 5.97 Å². The monoisotopic (exact) mass is 371 g/mol. The van der Waals surface area contributed by atoms with E-state index in [1.807, 2.05) is 13.8 Å². The lowest BCUT2D eigenvalue weighted by atomic mass is 10.0. The maximum Gasteiger partial charge on any atom is 0.341 e. The van der Waals surface area contributed by atoms with Crippen molar-refractivity contribution in [1.82, 2.24) is 15.5 Å². The third-order valence-electron chi connectivity index (χ3n) is 4.27. The fraction of sp³-hybridized carbons (Fsp3) is 0.368. The molecule has 142 valence electrons. The number of rotatable bonds is 5. The predicted octanol–water partition coefficient (Wildman–Crippen LogP) is 3.27. The van der Waals surface area contributed by atoms with Crippen molar-refractivity contribution in [3.8, 4) is 0 Å². The average molecular weight is 371 g/mol. The second kappa shape index (κ2) is 7.22. The molecule has 8 heteroatoms. The second-order valence-corrected chi connectivity index (χ2v) is 6.55. The van der Waals surface area contributed by atoms with Crippen LogP contribution in [0.3, 0.4) is 0 Å². The summed E-state index contributed by atoms with van der Waals surface area (Å²) in [6.45, 7) is 7.52. The van der Waals surface area contributed by atoms with E-state index in [-0.39, 0.29) is 18.4 Å². The molecular formula is C19H21N3O5.